The maximum absolute atomic E-state index is 12.6. The first kappa shape index (κ1) is 19.9. The van der Waals surface area contributed by atoms with E-state index in [4.69, 9.17) is 9.84 Å². The van der Waals surface area contributed by atoms with E-state index in [0.717, 1.165) is 0 Å². The summed E-state index contributed by atoms with van der Waals surface area (Å²) < 4.78 is 6.84. The van der Waals surface area contributed by atoms with Gasteiger partial charge in [-0.05, 0) is 30.5 Å². The number of carbonyl (C=O) groups is 2. The number of fused-ring (bicyclic) bond motifs is 1. The van der Waals surface area contributed by atoms with Gasteiger partial charge in [0.25, 0.3) is 5.91 Å². The molecule has 3 N–H and O–H groups in total. The molecule has 11 nitrogen and oxygen atoms in total. The van der Waals surface area contributed by atoms with Crippen molar-refractivity contribution in [2.24, 2.45) is 0 Å². The summed E-state index contributed by atoms with van der Waals surface area (Å²) in [5.74, 6) is 0.838. The minimum atomic E-state index is -1.22. The molecule has 0 saturated carbocycles. The molecule has 1 saturated heterocycles. The number of imidazole rings is 1. The summed E-state index contributed by atoms with van der Waals surface area (Å²) in [7, 11) is 0. The van der Waals surface area contributed by atoms with E-state index in [1.54, 1.807) is 33.6 Å². The van der Waals surface area contributed by atoms with Gasteiger partial charge in [-0.15, -0.1) is 0 Å². The Morgan fingerprint density at radius 2 is 1.87 bits per heavy atom. The molecule has 156 valence electrons. The number of anilines is 3. The number of thioether (sulfide) groups is 1. The van der Waals surface area contributed by atoms with Crippen LogP contribution in [0.15, 0.2) is 35.6 Å². The van der Waals surface area contributed by atoms with E-state index in [1.165, 1.54) is 18.0 Å². The summed E-state index contributed by atoms with van der Waals surface area (Å²) in [5, 5.41) is 14.8. The lowest BCUT2D eigenvalue weighted by Gasteiger charge is -2.26. The van der Waals surface area contributed by atoms with Crippen molar-refractivity contribution >= 4 is 47.0 Å². The van der Waals surface area contributed by atoms with Crippen LogP contribution in [0, 0.1) is 0 Å². The van der Waals surface area contributed by atoms with E-state index in [0.29, 0.717) is 54.4 Å². The first-order valence-corrected chi connectivity index (χ1v) is 10.3. The fourth-order valence-electron chi connectivity index (χ4n) is 2.98. The van der Waals surface area contributed by atoms with Gasteiger partial charge in [-0.1, -0.05) is 11.8 Å². The summed E-state index contributed by atoms with van der Waals surface area (Å²) in [6, 6.07) is 7.07. The van der Waals surface area contributed by atoms with Crippen molar-refractivity contribution in [3.8, 4) is 0 Å². The van der Waals surface area contributed by atoms with Gasteiger partial charge in [0, 0.05) is 24.3 Å². The van der Waals surface area contributed by atoms with E-state index in [1.807, 2.05) is 6.26 Å². The van der Waals surface area contributed by atoms with Gasteiger partial charge in [-0.2, -0.15) is 15.0 Å². The SMILES string of the molecule is CSc1nc(Nc2ccc(C(=O)N3CCOCC3)cc2)n2cc(NC(=O)O)nc2n1. The monoisotopic (exact) mass is 429 g/mol. The second-order valence-corrected chi connectivity index (χ2v) is 7.14. The van der Waals surface area contributed by atoms with Crippen LogP contribution < -0.4 is 10.6 Å². The third kappa shape index (κ3) is 4.28. The molecule has 1 aromatic carbocycles. The molecule has 3 heterocycles. The second-order valence-electron chi connectivity index (χ2n) is 6.37. The summed E-state index contributed by atoms with van der Waals surface area (Å²) in [5.41, 5.74) is 1.30. The van der Waals surface area contributed by atoms with Crippen LogP contribution >= 0.6 is 11.8 Å². The Kier molecular flexibility index (Phi) is 5.68. The van der Waals surface area contributed by atoms with Gasteiger partial charge in [0.2, 0.25) is 11.7 Å². The molecular weight excluding hydrogens is 410 g/mol. The highest BCUT2D eigenvalue weighted by Crippen LogP contribution is 2.22. The van der Waals surface area contributed by atoms with E-state index in [-0.39, 0.29) is 11.7 Å². The molecule has 2 aromatic heterocycles. The number of ether oxygens (including phenoxy) is 1. The van der Waals surface area contributed by atoms with Crippen molar-refractivity contribution in [2.45, 2.75) is 5.16 Å². The molecule has 0 bridgehead atoms. The van der Waals surface area contributed by atoms with Crippen LogP contribution in [0.2, 0.25) is 0 Å². The number of amides is 2. The largest absolute Gasteiger partial charge is 0.465 e. The van der Waals surface area contributed by atoms with Gasteiger partial charge < -0.3 is 20.1 Å². The van der Waals surface area contributed by atoms with Gasteiger partial charge in [0.05, 0.1) is 19.4 Å². The molecule has 0 spiro atoms. The Balaban J connectivity index is 1.57. The molecule has 0 radical (unpaired) electrons. The average molecular weight is 429 g/mol. The zero-order valence-corrected chi connectivity index (χ0v) is 16.8. The number of nitrogens with zero attached hydrogens (tertiary/aromatic N) is 5. The van der Waals surface area contributed by atoms with Crippen LogP contribution in [0.4, 0.5) is 22.2 Å². The zero-order chi connectivity index (χ0) is 21.1. The third-order valence-electron chi connectivity index (χ3n) is 4.42. The van der Waals surface area contributed by atoms with E-state index in [9.17, 15) is 9.59 Å². The predicted molar refractivity (Wildman–Crippen MR) is 111 cm³/mol. The van der Waals surface area contributed by atoms with E-state index < -0.39 is 6.09 Å². The van der Waals surface area contributed by atoms with Gasteiger partial charge in [-0.25, -0.2) is 4.79 Å². The van der Waals surface area contributed by atoms with Crippen molar-refractivity contribution in [2.75, 3.05) is 43.2 Å². The van der Waals surface area contributed by atoms with Crippen LogP contribution in [-0.4, -0.2) is 73.9 Å². The molecular formula is C18H19N7O4S. The Morgan fingerprint density at radius 3 is 2.53 bits per heavy atom. The topological polar surface area (TPSA) is 134 Å². The van der Waals surface area contributed by atoms with Crippen LogP contribution in [0.3, 0.4) is 0 Å². The summed E-state index contributed by atoms with van der Waals surface area (Å²) in [6.07, 6.45) is 2.11. The lowest BCUT2D eigenvalue weighted by atomic mass is 10.1. The summed E-state index contributed by atoms with van der Waals surface area (Å²) in [6.45, 7) is 2.28. The predicted octanol–water partition coefficient (Wildman–Crippen LogP) is 2.15. The van der Waals surface area contributed by atoms with Crippen molar-refractivity contribution in [3.63, 3.8) is 0 Å². The van der Waals surface area contributed by atoms with Crippen LogP contribution in [-0.2, 0) is 4.74 Å². The number of hydrogen-bond donors (Lipinski definition) is 3. The molecule has 3 aromatic rings. The van der Waals surface area contributed by atoms with Crippen LogP contribution in [0.1, 0.15) is 10.4 Å². The van der Waals surface area contributed by atoms with Gasteiger partial charge >= 0.3 is 6.09 Å². The number of aromatic nitrogens is 4. The quantitative estimate of drug-likeness (QED) is 0.522. The Bertz CT molecular complexity index is 1080. The molecule has 0 aliphatic carbocycles. The normalized spacial score (nSPS) is 14.0. The van der Waals surface area contributed by atoms with Gasteiger partial charge in [-0.3, -0.25) is 14.5 Å². The first-order valence-electron chi connectivity index (χ1n) is 9.08. The van der Waals surface area contributed by atoms with Crippen molar-refractivity contribution < 1.29 is 19.4 Å². The number of carbonyl (C=O) groups excluding carboxylic acids is 1. The first-order chi connectivity index (χ1) is 14.5. The molecule has 2 amide bonds. The van der Waals surface area contributed by atoms with Gasteiger partial charge in [0.1, 0.15) is 0 Å². The second kappa shape index (κ2) is 8.55. The van der Waals surface area contributed by atoms with Crippen molar-refractivity contribution in [1.29, 1.82) is 0 Å². The fourth-order valence-corrected chi connectivity index (χ4v) is 3.33. The maximum Gasteiger partial charge on any atom is 0.410 e. The smallest absolute Gasteiger partial charge is 0.410 e. The Labute approximate surface area is 175 Å². The number of hydrogen-bond acceptors (Lipinski definition) is 8. The highest BCUT2D eigenvalue weighted by atomic mass is 32.2. The molecule has 1 fully saturated rings. The number of benzene rings is 1. The maximum atomic E-state index is 12.6. The lowest BCUT2D eigenvalue weighted by Crippen LogP contribution is -2.40. The Hall–Kier alpha value is -3.38. The zero-order valence-electron chi connectivity index (χ0n) is 16.0. The molecule has 30 heavy (non-hydrogen) atoms. The van der Waals surface area contributed by atoms with Crippen LogP contribution in [0.25, 0.3) is 5.78 Å². The van der Waals surface area contributed by atoms with Gasteiger partial charge in [0.15, 0.2) is 11.0 Å². The standard InChI is InChI=1S/C18H19N7O4S/c1-30-17-22-15(25-10-13(21-18(27)28)20-16(25)23-17)19-12-4-2-11(3-5-12)14(26)24-6-8-29-9-7-24/h2-5,10,21H,6-9H2,1H3,(H,27,28)(H,19,20,22,23). The molecule has 0 unspecified atom stereocenters. The summed E-state index contributed by atoms with van der Waals surface area (Å²) >= 11 is 1.34. The molecule has 0 atom stereocenters. The molecule has 4 rings (SSSR count). The highest BCUT2D eigenvalue weighted by Gasteiger charge is 2.18. The van der Waals surface area contributed by atoms with Crippen molar-refractivity contribution in [1.82, 2.24) is 24.3 Å². The lowest BCUT2D eigenvalue weighted by molar-refractivity contribution is 0.0303. The van der Waals surface area contributed by atoms with Crippen molar-refractivity contribution in [3.05, 3.63) is 36.0 Å². The number of morpholine rings is 1. The average Bonchev–Trinajstić information content (AvgIpc) is 3.16. The molecule has 12 heteroatoms. The minimum absolute atomic E-state index is 0.0297. The fraction of sp³-hybridized carbons (Fsp3) is 0.278. The third-order valence-corrected chi connectivity index (χ3v) is 4.96. The number of nitrogens with one attached hydrogen (secondary N) is 2. The van der Waals surface area contributed by atoms with Crippen LogP contribution in [0.5, 0.6) is 0 Å². The number of carboxylic acid groups (broad SMARTS) is 1. The summed E-state index contributed by atoms with van der Waals surface area (Å²) in [4.78, 5) is 38.1. The molecule has 1 aliphatic heterocycles. The van der Waals surface area contributed by atoms with E-state index >= 15 is 0 Å². The minimum Gasteiger partial charge on any atom is -0.465 e. The highest BCUT2D eigenvalue weighted by molar-refractivity contribution is 7.98. The van der Waals surface area contributed by atoms with E-state index in [2.05, 4.69) is 25.6 Å². The Morgan fingerprint density at radius 1 is 1.13 bits per heavy atom. The molecule has 1 aliphatic rings. The number of rotatable bonds is 5.